The van der Waals surface area contributed by atoms with Crippen molar-refractivity contribution in [3.8, 4) is 5.75 Å². The molecule has 6 nitrogen and oxygen atoms in total. The van der Waals surface area contributed by atoms with Gasteiger partial charge in [-0.3, -0.25) is 4.79 Å². The summed E-state index contributed by atoms with van der Waals surface area (Å²) in [5.41, 5.74) is 3.52. The fourth-order valence-electron chi connectivity index (χ4n) is 3.03. The molecule has 7 heteroatoms. The van der Waals surface area contributed by atoms with Crippen LogP contribution in [0.3, 0.4) is 0 Å². The minimum Gasteiger partial charge on any atom is -0.496 e. The molecule has 3 aromatic carbocycles. The van der Waals surface area contributed by atoms with E-state index in [2.05, 4.69) is 5.32 Å². The molecule has 0 unspecified atom stereocenters. The first kappa shape index (κ1) is 20.6. The van der Waals surface area contributed by atoms with Crippen LogP contribution < -0.4 is 15.2 Å². The molecule has 0 atom stereocenters. The quantitative estimate of drug-likeness (QED) is 0.650. The zero-order valence-corrected chi connectivity index (χ0v) is 17.0. The molecule has 0 aliphatic heterocycles. The van der Waals surface area contributed by atoms with E-state index in [9.17, 15) is 13.2 Å². The third kappa shape index (κ3) is 5.01. The molecule has 3 rings (SSSR count). The number of hydrogen-bond donors (Lipinski definition) is 2. The number of amides is 1. The van der Waals surface area contributed by atoms with Gasteiger partial charge in [0, 0.05) is 23.2 Å². The zero-order chi connectivity index (χ0) is 21.0. The SMILES string of the molecule is COc1ccc(NC(=O)c2cc(S(N)(=O)=O)ccc2C)cc1Cc1ccccc1. The molecule has 0 saturated carbocycles. The van der Waals surface area contributed by atoms with Crippen LogP contribution in [0.25, 0.3) is 0 Å². The number of nitrogens with two attached hydrogens (primary N) is 1. The van der Waals surface area contributed by atoms with Gasteiger partial charge in [-0.25, -0.2) is 13.6 Å². The van der Waals surface area contributed by atoms with Crippen molar-refractivity contribution in [3.05, 3.63) is 89.0 Å². The molecule has 0 saturated heterocycles. The van der Waals surface area contributed by atoms with E-state index in [-0.39, 0.29) is 10.5 Å². The van der Waals surface area contributed by atoms with Crippen LogP contribution in [-0.4, -0.2) is 21.4 Å². The predicted octanol–water partition coefficient (Wildman–Crippen LogP) is 3.49. The van der Waals surface area contributed by atoms with Gasteiger partial charge in [-0.2, -0.15) is 0 Å². The lowest BCUT2D eigenvalue weighted by Gasteiger charge is -2.13. The number of benzene rings is 3. The summed E-state index contributed by atoms with van der Waals surface area (Å²) in [4.78, 5) is 12.7. The summed E-state index contributed by atoms with van der Waals surface area (Å²) in [5.74, 6) is 0.308. The standard InChI is InChI=1S/C22H22N2O4S/c1-15-8-10-19(29(23,26)27)14-20(15)22(25)24-18-9-11-21(28-2)17(13-18)12-16-6-4-3-5-7-16/h3-11,13-14H,12H2,1-2H3,(H,24,25)(H2,23,26,27). The van der Waals surface area contributed by atoms with Crippen molar-refractivity contribution in [2.24, 2.45) is 5.14 Å². The van der Waals surface area contributed by atoms with Crippen LogP contribution in [-0.2, 0) is 16.4 Å². The van der Waals surface area contributed by atoms with Gasteiger partial charge in [-0.05, 0) is 48.4 Å². The number of anilines is 1. The Labute approximate surface area is 170 Å². The molecule has 0 heterocycles. The highest BCUT2D eigenvalue weighted by Gasteiger charge is 2.16. The fourth-order valence-corrected chi connectivity index (χ4v) is 3.57. The third-order valence-corrected chi connectivity index (χ3v) is 5.47. The summed E-state index contributed by atoms with van der Waals surface area (Å²) in [6.45, 7) is 1.73. The highest BCUT2D eigenvalue weighted by atomic mass is 32.2. The molecule has 0 aromatic heterocycles. The summed E-state index contributed by atoms with van der Waals surface area (Å²) in [6.07, 6.45) is 0.646. The van der Waals surface area contributed by atoms with Crippen LogP contribution in [0.2, 0.25) is 0 Å². The second kappa shape index (κ2) is 8.46. The van der Waals surface area contributed by atoms with Gasteiger partial charge in [-0.1, -0.05) is 36.4 Å². The normalized spacial score (nSPS) is 11.1. The van der Waals surface area contributed by atoms with Crippen molar-refractivity contribution < 1.29 is 17.9 Å². The lowest BCUT2D eigenvalue weighted by atomic mass is 10.0. The van der Waals surface area contributed by atoms with Gasteiger partial charge in [0.25, 0.3) is 5.91 Å². The highest BCUT2D eigenvalue weighted by Crippen LogP contribution is 2.26. The Balaban J connectivity index is 1.89. The summed E-state index contributed by atoms with van der Waals surface area (Å²) in [6, 6.07) is 19.5. The molecule has 0 spiro atoms. The largest absolute Gasteiger partial charge is 0.496 e. The number of carbonyl (C=O) groups excluding carboxylic acids is 1. The lowest BCUT2D eigenvalue weighted by molar-refractivity contribution is 0.102. The van der Waals surface area contributed by atoms with Crippen LogP contribution in [0.15, 0.2) is 71.6 Å². The Morgan fingerprint density at radius 2 is 1.76 bits per heavy atom. The van der Waals surface area contributed by atoms with Crippen molar-refractivity contribution >= 4 is 21.6 Å². The maximum atomic E-state index is 12.8. The van der Waals surface area contributed by atoms with Gasteiger partial charge in [0.05, 0.1) is 12.0 Å². The zero-order valence-electron chi connectivity index (χ0n) is 16.2. The molecular formula is C22H22N2O4S. The monoisotopic (exact) mass is 410 g/mol. The summed E-state index contributed by atoms with van der Waals surface area (Å²) in [7, 11) is -2.29. The molecule has 0 aliphatic rings. The number of methoxy groups -OCH3 is 1. The molecule has 3 N–H and O–H groups in total. The van der Waals surface area contributed by atoms with Crippen LogP contribution >= 0.6 is 0 Å². The van der Waals surface area contributed by atoms with Crippen LogP contribution in [0, 0.1) is 6.92 Å². The fraction of sp³-hybridized carbons (Fsp3) is 0.136. The van der Waals surface area contributed by atoms with Gasteiger partial charge in [-0.15, -0.1) is 0 Å². The second-order valence-corrected chi connectivity index (χ2v) is 8.23. The van der Waals surface area contributed by atoms with E-state index in [1.54, 1.807) is 32.2 Å². The lowest BCUT2D eigenvalue weighted by Crippen LogP contribution is -2.17. The van der Waals surface area contributed by atoms with Crippen molar-refractivity contribution in [1.29, 1.82) is 0 Å². The van der Waals surface area contributed by atoms with Crippen molar-refractivity contribution in [2.75, 3.05) is 12.4 Å². The summed E-state index contributed by atoms with van der Waals surface area (Å²) >= 11 is 0. The molecule has 1 amide bonds. The van der Waals surface area contributed by atoms with E-state index in [0.717, 1.165) is 16.9 Å². The number of sulfonamides is 1. The smallest absolute Gasteiger partial charge is 0.255 e. The Hall–Kier alpha value is -3.16. The van der Waals surface area contributed by atoms with E-state index in [4.69, 9.17) is 9.88 Å². The highest BCUT2D eigenvalue weighted by molar-refractivity contribution is 7.89. The summed E-state index contributed by atoms with van der Waals surface area (Å²) in [5, 5.41) is 8.01. The molecule has 3 aromatic rings. The second-order valence-electron chi connectivity index (χ2n) is 6.66. The molecule has 0 bridgehead atoms. The predicted molar refractivity (Wildman–Crippen MR) is 113 cm³/mol. The van der Waals surface area contributed by atoms with E-state index in [0.29, 0.717) is 17.7 Å². The molecule has 0 fully saturated rings. The number of primary sulfonamides is 1. The number of ether oxygens (including phenoxy) is 1. The average Bonchev–Trinajstić information content (AvgIpc) is 2.68. The maximum absolute atomic E-state index is 12.8. The van der Waals surface area contributed by atoms with E-state index in [1.807, 2.05) is 36.4 Å². The minimum absolute atomic E-state index is 0.104. The number of carbonyl (C=O) groups is 1. The molecular weight excluding hydrogens is 388 g/mol. The van der Waals surface area contributed by atoms with Gasteiger partial charge in [0.15, 0.2) is 0 Å². The van der Waals surface area contributed by atoms with Gasteiger partial charge >= 0.3 is 0 Å². The third-order valence-electron chi connectivity index (χ3n) is 4.56. The first-order chi connectivity index (χ1) is 13.8. The van der Waals surface area contributed by atoms with Gasteiger partial charge in [0.1, 0.15) is 5.75 Å². The van der Waals surface area contributed by atoms with E-state index in [1.165, 1.54) is 12.1 Å². The van der Waals surface area contributed by atoms with E-state index >= 15 is 0 Å². The van der Waals surface area contributed by atoms with E-state index < -0.39 is 15.9 Å². The van der Waals surface area contributed by atoms with Crippen molar-refractivity contribution in [2.45, 2.75) is 18.2 Å². The number of nitrogens with one attached hydrogen (secondary N) is 1. The maximum Gasteiger partial charge on any atom is 0.255 e. The topological polar surface area (TPSA) is 98.5 Å². The first-order valence-corrected chi connectivity index (χ1v) is 10.5. The van der Waals surface area contributed by atoms with Gasteiger partial charge < -0.3 is 10.1 Å². The Morgan fingerprint density at radius 3 is 2.41 bits per heavy atom. The van der Waals surface area contributed by atoms with Crippen LogP contribution in [0.4, 0.5) is 5.69 Å². The number of hydrogen-bond acceptors (Lipinski definition) is 4. The molecule has 0 radical (unpaired) electrons. The molecule has 150 valence electrons. The number of aryl methyl sites for hydroxylation is 1. The number of rotatable bonds is 6. The Bertz CT molecular complexity index is 1140. The van der Waals surface area contributed by atoms with Gasteiger partial charge in [0.2, 0.25) is 10.0 Å². The Morgan fingerprint density at radius 1 is 1.03 bits per heavy atom. The molecule has 29 heavy (non-hydrogen) atoms. The van der Waals surface area contributed by atoms with Crippen molar-refractivity contribution in [3.63, 3.8) is 0 Å². The molecule has 0 aliphatic carbocycles. The van der Waals surface area contributed by atoms with Crippen molar-refractivity contribution in [1.82, 2.24) is 0 Å². The van der Waals surface area contributed by atoms with Crippen LogP contribution in [0.1, 0.15) is 27.0 Å². The Kier molecular flexibility index (Phi) is 6.00. The first-order valence-electron chi connectivity index (χ1n) is 8.93. The summed E-state index contributed by atoms with van der Waals surface area (Å²) < 4.78 is 28.6. The average molecular weight is 410 g/mol. The minimum atomic E-state index is -3.90. The van der Waals surface area contributed by atoms with Crippen LogP contribution in [0.5, 0.6) is 5.75 Å².